The molecule has 0 aromatic rings. The van der Waals surface area contributed by atoms with Gasteiger partial charge in [0.2, 0.25) is 0 Å². The van der Waals surface area contributed by atoms with E-state index < -0.39 is 0 Å². The van der Waals surface area contributed by atoms with Crippen LogP contribution in [0.2, 0.25) is 0 Å². The Morgan fingerprint density at radius 2 is 2.08 bits per heavy atom. The molecule has 0 amide bonds. The summed E-state index contributed by atoms with van der Waals surface area (Å²) in [4.78, 5) is 10.9. The van der Waals surface area contributed by atoms with Crippen LogP contribution in [-0.4, -0.2) is 18.0 Å². The predicted octanol–water partition coefficient (Wildman–Crippen LogP) is 1.78. The number of hydrogen-bond acceptors (Lipinski definition) is 2. The number of ether oxygens (including phenoxy) is 1. The number of rotatable bonds is 1. The molecule has 0 spiro atoms. The van der Waals surface area contributed by atoms with Crippen molar-refractivity contribution in [3.63, 3.8) is 0 Å². The van der Waals surface area contributed by atoms with Crippen LogP contribution >= 0.6 is 0 Å². The molecule has 0 aromatic carbocycles. The number of fused-ring (bicyclic) bond motifs is 2. The Labute approximate surface area is 73.3 Å². The standard InChI is InChI=1S/C10H16O2/c1-9(2)7(6-11)10(3)5-4-8(9)12-10/h6-8H,4-5H2,1-3H3. The van der Waals surface area contributed by atoms with Gasteiger partial charge in [0.05, 0.1) is 17.6 Å². The number of carbonyl (C=O) groups excluding carboxylic acids is 1. The minimum Gasteiger partial charge on any atom is -0.371 e. The van der Waals surface area contributed by atoms with Gasteiger partial charge in [0.25, 0.3) is 0 Å². The third kappa shape index (κ3) is 0.764. The van der Waals surface area contributed by atoms with Gasteiger partial charge >= 0.3 is 0 Å². The highest BCUT2D eigenvalue weighted by atomic mass is 16.5. The van der Waals surface area contributed by atoms with Crippen molar-refractivity contribution in [2.45, 2.75) is 45.3 Å². The first-order valence-corrected chi connectivity index (χ1v) is 4.64. The first-order chi connectivity index (χ1) is 5.50. The summed E-state index contributed by atoms with van der Waals surface area (Å²) in [6.45, 7) is 6.35. The molecule has 3 atom stereocenters. The van der Waals surface area contributed by atoms with Crippen LogP contribution in [0.3, 0.4) is 0 Å². The Morgan fingerprint density at radius 1 is 1.42 bits per heavy atom. The second-order valence-corrected chi connectivity index (χ2v) is 4.89. The zero-order valence-electron chi connectivity index (χ0n) is 7.96. The molecule has 2 nitrogen and oxygen atoms in total. The molecular weight excluding hydrogens is 152 g/mol. The van der Waals surface area contributed by atoms with Crippen LogP contribution in [0.1, 0.15) is 33.6 Å². The van der Waals surface area contributed by atoms with Gasteiger partial charge in [0, 0.05) is 5.41 Å². The fourth-order valence-corrected chi connectivity index (χ4v) is 2.92. The molecule has 2 bridgehead atoms. The lowest BCUT2D eigenvalue weighted by molar-refractivity contribution is -0.117. The Kier molecular flexibility index (Phi) is 1.45. The van der Waals surface area contributed by atoms with Crippen molar-refractivity contribution in [2.75, 3.05) is 0 Å². The first-order valence-electron chi connectivity index (χ1n) is 4.64. The lowest BCUT2D eigenvalue weighted by atomic mass is 9.65. The summed E-state index contributed by atoms with van der Waals surface area (Å²) in [5.41, 5.74) is -0.106. The first kappa shape index (κ1) is 8.24. The van der Waals surface area contributed by atoms with E-state index in [2.05, 4.69) is 20.8 Å². The van der Waals surface area contributed by atoms with Gasteiger partial charge in [0.15, 0.2) is 0 Å². The molecule has 2 aliphatic heterocycles. The van der Waals surface area contributed by atoms with Gasteiger partial charge in [-0.15, -0.1) is 0 Å². The Bertz CT molecular complexity index is 217. The average molecular weight is 168 g/mol. The molecule has 2 aliphatic rings. The van der Waals surface area contributed by atoms with Gasteiger partial charge in [-0.05, 0) is 19.8 Å². The largest absolute Gasteiger partial charge is 0.371 e. The molecule has 0 aliphatic carbocycles. The molecular formula is C10H16O2. The molecule has 0 N–H and O–H groups in total. The Morgan fingerprint density at radius 3 is 2.42 bits per heavy atom. The smallest absolute Gasteiger partial charge is 0.126 e. The van der Waals surface area contributed by atoms with Gasteiger partial charge < -0.3 is 9.53 Å². The van der Waals surface area contributed by atoms with Crippen molar-refractivity contribution >= 4 is 6.29 Å². The summed E-state index contributed by atoms with van der Waals surface area (Å²) in [6, 6.07) is 0. The molecule has 2 rings (SSSR count). The van der Waals surface area contributed by atoms with Crippen molar-refractivity contribution in [1.29, 1.82) is 0 Å². The fraction of sp³-hybridized carbons (Fsp3) is 0.900. The average Bonchev–Trinajstić information content (AvgIpc) is 2.39. The maximum atomic E-state index is 10.9. The van der Waals surface area contributed by atoms with Gasteiger partial charge in [0.1, 0.15) is 6.29 Å². The number of hydrogen-bond donors (Lipinski definition) is 0. The monoisotopic (exact) mass is 168 g/mol. The molecule has 12 heavy (non-hydrogen) atoms. The summed E-state index contributed by atoms with van der Waals surface area (Å²) >= 11 is 0. The van der Waals surface area contributed by atoms with Crippen molar-refractivity contribution in [1.82, 2.24) is 0 Å². The normalized spacial score (nSPS) is 49.6. The topological polar surface area (TPSA) is 26.3 Å². The van der Waals surface area contributed by atoms with Gasteiger partial charge in [-0.25, -0.2) is 0 Å². The zero-order valence-corrected chi connectivity index (χ0v) is 7.96. The third-order valence-electron chi connectivity index (χ3n) is 3.74. The summed E-state index contributed by atoms with van der Waals surface area (Å²) in [6.07, 6.45) is 3.55. The van der Waals surface area contributed by atoms with Gasteiger partial charge in [-0.1, -0.05) is 13.8 Å². The second kappa shape index (κ2) is 2.11. The molecule has 2 fully saturated rings. The van der Waals surface area contributed by atoms with E-state index in [0.717, 1.165) is 19.1 Å². The molecule has 0 radical (unpaired) electrons. The number of carbonyl (C=O) groups is 1. The Balaban J connectivity index is 2.37. The quantitative estimate of drug-likeness (QED) is 0.558. The highest BCUT2D eigenvalue weighted by molar-refractivity contribution is 5.59. The van der Waals surface area contributed by atoms with Crippen LogP contribution in [-0.2, 0) is 9.53 Å². The SMILES string of the molecule is CC12CCC(O1)C(C)(C)C2C=O. The molecule has 3 unspecified atom stereocenters. The van der Waals surface area contributed by atoms with Crippen LogP contribution in [0.5, 0.6) is 0 Å². The van der Waals surface area contributed by atoms with E-state index in [1.54, 1.807) is 0 Å². The molecule has 0 aromatic heterocycles. The maximum absolute atomic E-state index is 10.9. The van der Waals surface area contributed by atoms with Crippen LogP contribution < -0.4 is 0 Å². The van der Waals surface area contributed by atoms with Gasteiger partial charge in [-0.2, -0.15) is 0 Å². The van der Waals surface area contributed by atoms with Crippen molar-refractivity contribution in [2.24, 2.45) is 11.3 Å². The van der Waals surface area contributed by atoms with E-state index in [1.807, 2.05) is 0 Å². The zero-order chi connectivity index (χ0) is 8.98. The highest BCUT2D eigenvalue weighted by Gasteiger charge is 2.60. The summed E-state index contributed by atoms with van der Waals surface area (Å²) in [7, 11) is 0. The maximum Gasteiger partial charge on any atom is 0.126 e. The fourth-order valence-electron chi connectivity index (χ4n) is 2.92. The minimum absolute atomic E-state index is 0.0503. The second-order valence-electron chi connectivity index (χ2n) is 4.89. The van der Waals surface area contributed by atoms with E-state index in [1.165, 1.54) is 0 Å². The lowest BCUT2D eigenvalue weighted by Gasteiger charge is -2.35. The van der Waals surface area contributed by atoms with Gasteiger partial charge in [-0.3, -0.25) is 0 Å². The van der Waals surface area contributed by atoms with E-state index in [9.17, 15) is 4.79 Å². The van der Waals surface area contributed by atoms with Crippen LogP contribution in [0.25, 0.3) is 0 Å². The Hall–Kier alpha value is -0.370. The van der Waals surface area contributed by atoms with E-state index in [0.29, 0.717) is 6.10 Å². The van der Waals surface area contributed by atoms with E-state index in [-0.39, 0.29) is 16.9 Å². The minimum atomic E-state index is -0.157. The van der Waals surface area contributed by atoms with E-state index in [4.69, 9.17) is 4.74 Å². The number of aldehydes is 1. The van der Waals surface area contributed by atoms with Crippen LogP contribution in [0.15, 0.2) is 0 Å². The van der Waals surface area contributed by atoms with Crippen molar-refractivity contribution in [3.05, 3.63) is 0 Å². The summed E-state index contributed by atoms with van der Waals surface area (Å²) in [5.74, 6) is 0.0868. The van der Waals surface area contributed by atoms with Crippen molar-refractivity contribution in [3.8, 4) is 0 Å². The van der Waals surface area contributed by atoms with Crippen molar-refractivity contribution < 1.29 is 9.53 Å². The third-order valence-corrected chi connectivity index (χ3v) is 3.74. The van der Waals surface area contributed by atoms with Crippen LogP contribution in [0, 0.1) is 11.3 Å². The highest BCUT2D eigenvalue weighted by Crippen LogP contribution is 2.56. The molecule has 2 saturated heterocycles. The molecule has 0 saturated carbocycles. The predicted molar refractivity (Wildman–Crippen MR) is 45.8 cm³/mol. The summed E-state index contributed by atoms with van der Waals surface area (Å²) in [5, 5.41) is 0. The molecule has 2 heterocycles. The molecule has 68 valence electrons. The van der Waals surface area contributed by atoms with Crippen LogP contribution in [0.4, 0.5) is 0 Å². The van der Waals surface area contributed by atoms with E-state index >= 15 is 0 Å². The molecule has 2 heteroatoms. The summed E-state index contributed by atoms with van der Waals surface area (Å²) < 4.78 is 5.85. The lowest BCUT2D eigenvalue weighted by Crippen LogP contribution is -2.41.